The average molecular weight is 449 g/mol. The van der Waals surface area contributed by atoms with Crippen LogP contribution >= 0.6 is 11.3 Å². The van der Waals surface area contributed by atoms with E-state index in [0.29, 0.717) is 30.1 Å². The van der Waals surface area contributed by atoms with Crippen molar-refractivity contribution in [1.82, 2.24) is 19.4 Å². The van der Waals surface area contributed by atoms with Gasteiger partial charge in [-0.3, -0.25) is 9.59 Å². The second kappa shape index (κ2) is 8.03. The molecule has 0 saturated carbocycles. The lowest BCUT2D eigenvalue weighted by molar-refractivity contribution is -0.0222. The van der Waals surface area contributed by atoms with Crippen molar-refractivity contribution in [3.05, 3.63) is 64.8 Å². The highest BCUT2D eigenvalue weighted by atomic mass is 32.1. The number of pyridine rings is 1. The Labute approximate surface area is 189 Å². The van der Waals surface area contributed by atoms with E-state index in [-0.39, 0.29) is 17.9 Å². The molecule has 1 atom stereocenters. The smallest absolute Gasteiger partial charge is 0.263 e. The minimum absolute atomic E-state index is 0.0201. The van der Waals surface area contributed by atoms with Gasteiger partial charge in [-0.1, -0.05) is 24.3 Å². The second-order valence-electron chi connectivity index (χ2n) is 8.18. The Morgan fingerprint density at radius 3 is 2.75 bits per heavy atom. The summed E-state index contributed by atoms with van der Waals surface area (Å²) in [5.74, 6) is -0.0997. The molecule has 0 spiro atoms. The van der Waals surface area contributed by atoms with E-state index >= 15 is 0 Å². The van der Waals surface area contributed by atoms with Crippen LogP contribution in [0, 0.1) is 0 Å². The van der Waals surface area contributed by atoms with E-state index in [0.717, 1.165) is 26.7 Å². The predicted octanol–water partition coefficient (Wildman–Crippen LogP) is 3.70. The van der Waals surface area contributed by atoms with Gasteiger partial charge in [0.2, 0.25) is 0 Å². The van der Waals surface area contributed by atoms with Gasteiger partial charge in [-0.05, 0) is 12.1 Å². The standard InChI is InChI=1S/C24H24N4O3S/c1-26(2)24(30)21-20(16-8-6-10-25-22(16)32-21)19-14-28(11-12-31-19)23(29)17-13-27(3)18-9-5-4-7-15(17)18/h4-10,13,19H,11-12,14H2,1-3H3/t19-/m0/s1. The molecule has 1 saturated heterocycles. The van der Waals surface area contributed by atoms with Crippen LogP contribution in [0.3, 0.4) is 0 Å². The number of carbonyl (C=O) groups excluding carboxylic acids is 2. The Bertz CT molecular complexity index is 1340. The van der Waals surface area contributed by atoms with E-state index in [1.807, 2.05) is 59.1 Å². The van der Waals surface area contributed by atoms with Crippen molar-refractivity contribution in [2.24, 2.45) is 7.05 Å². The lowest BCUT2D eigenvalue weighted by Gasteiger charge is -2.33. The zero-order valence-electron chi connectivity index (χ0n) is 18.2. The van der Waals surface area contributed by atoms with Crippen molar-refractivity contribution in [1.29, 1.82) is 0 Å². The Morgan fingerprint density at radius 2 is 1.94 bits per heavy atom. The fraction of sp³-hybridized carbons (Fsp3) is 0.292. The summed E-state index contributed by atoms with van der Waals surface area (Å²) in [6, 6.07) is 11.7. The molecule has 0 aliphatic carbocycles. The van der Waals surface area contributed by atoms with E-state index in [1.165, 1.54) is 11.3 Å². The molecule has 1 aliphatic heterocycles. The largest absolute Gasteiger partial charge is 0.370 e. The molecule has 4 heterocycles. The summed E-state index contributed by atoms with van der Waals surface area (Å²) in [5, 5.41) is 1.85. The number of nitrogens with zero attached hydrogens (tertiary/aromatic N) is 4. The molecule has 1 aromatic carbocycles. The molecule has 8 heteroatoms. The van der Waals surface area contributed by atoms with Gasteiger partial charge in [-0.25, -0.2) is 4.98 Å². The third-order valence-electron chi connectivity index (χ3n) is 5.91. The highest BCUT2D eigenvalue weighted by Gasteiger charge is 2.33. The number of hydrogen-bond donors (Lipinski definition) is 0. The number of aromatic nitrogens is 2. The number of morpholine rings is 1. The first-order valence-electron chi connectivity index (χ1n) is 10.5. The van der Waals surface area contributed by atoms with E-state index in [1.54, 1.807) is 25.2 Å². The van der Waals surface area contributed by atoms with Gasteiger partial charge in [0.1, 0.15) is 15.8 Å². The van der Waals surface area contributed by atoms with E-state index in [4.69, 9.17) is 4.74 Å². The Balaban J connectivity index is 1.52. The van der Waals surface area contributed by atoms with Crippen LogP contribution in [0.2, 0.25) is 0 Å². The first-order chi connectivity index (χ1) is 15.5. The van der Waals surface area contributed by atoms with Crippen LogP contribution in [-0.4, -0.2) is 65.0 Å². The summed E-state index contributed by atoms with van der Waals surface area (Å²) in [4.78, 5) is 35.7. The number of para-hydroxylation sites is 1. The van der Waals surface area contributed by atoms with Crippen molar-refractivity contribution in [2.45, 2.75) is 6.10 Å². The maximum atomic E-state index is 13.5. The molecule has 164 valence electrons. The minimum atomic E-state index is -0.389. The highest BCUT2D eigenvalue weighted by molar-refractivity contribution is 7.20. The summed E-state index contributed by atoms with van der Waals surface area (Å²) >= 11 is 1.38. The zero-order chi connectivity index (χ0) is 22.4. The number of aryl methyl sites for hydroxylation is 1. The van der Waals surface area contributed by atoms with Crippen LogP contribution in [-0.2, 0) is 11.8 Å². The lowest BCUT2D eigenvalue weighted by Crippen LogP contribution is -2.42. The molecule has 5 rings (SSSR count). The van der Waals surface area contributed by atoms with Gasteiger partial charge in [0, 0.05) is 61.9 Å². The van der Waals surface area contributed by atoms with Gasteiger partial charge in [-0.15, -0.1) is 11.3 Å². The summed E-state index contributed by atoms with van der Waals surface area (Å²) < 4.78 is 8.10. The Morgan fingerprint density at radius 1 is 1.16 bits per heavy atom. The van der Waals surface area contributed by atoms with Crippen LogP contribution in [0.5, 0.6) is 0 Å². The first-order valence-corrected chi connectivity index (χ1v) is 11.3. The molecule has 7 nitrogen and oxygen atoms in total. The number of hydrogen-bond acceptors (Lipinski definition) is 5. The van der Waals surface area contributed by atoms with Gasteiger partial charge in [0.15, 0.2) is 0 Å². The maximum absolute atomic E-state index is 13.5. The zero-order valence-corrected chi connectivity index (χ0v) is 19.1. The molecule has 4 aromatic rings. The van der Waals surface area contributed by atoms with Crippen molar-refractivity contribution in [3.8, 4) is 0 Å². The molecule has 0 bridgehead atoms. The Kier molecular flexibility index (Phi) is 5.19. The fourth-order valence-electron chi connectivity index (χ4n) is 4.32. The molecule has 32 heavy (non-hydrogen) atoms. The molecular formula is C24H24N4O3S. The number of benzene rings is 1. The summed E-state index contributed by atoms with van der Waals surface area (Å²) in [5.41, 5.74) is 2.53. The topological polar surface area (TPSA) is 67.7 Å². The Hall–Kier alpha value is -3.23. The van der Waals surface area contributed by atoms with E-state index in [9.17, 15) is 9.59 Å². The lowest BCUT2D eigenvalue weighted by atomic mass is 10.0. The van der Waals surface area contributed by atoms with E-state index in [2.05, 4.69) is 4.98 Å². The van der Waals surface area contributed by atoms with Crippen LogP contribution < -0.4 is 0 Å². The van der Waals surface area contributed by atoms with Crippen LogP contribution in [0.15, 0.2) is 48.8 Å². The third kappa shape index (κ3) is 3.36. The van der Waals surface area contributed by atoms with Gasteiger partial charge in [0.25, 0.3) is 11.8 Å². The monoisotopic (exact) mass is 448 g/mol. The number of carbonyl (C=O) groups is 2. The van der Waals surface area contributed by atoms with Gasteiger partial charge < -0.3 is 19.1 Å². The van der Waals surface area contributed by atoms with Gasteiger partial charge in [-0.2, -0.15) is 0 Å². The van der Waals surface area contributed by atoms with Crippen molar-refractivity contribution in [3.63, 3.8) is 0 Å². The fourth-order valence-corrected chi connectivity index (χ4v) is 5.54. The predicted molar refractivity (Wildman–Crippen MR) is 125 cm³/mol. The van der Waals surface area contributed by atoms with Crippen LogP contribution in [0.25, 0.3) is 21.1 Å². The van der Waals surface area contributed by atoms with Crippen molar-refractivity contribution in [2.75, 3.05) is 33.8 Å². The number of thiophene rings is 1. The van der Waals surface area contributed by atoms with Crippen molar-refractivity contribution < 1.29 is 14.3 Å². The molecule has 0 radical (unpaired) electrons. The quantitative estimate of drug-likeness (QED) is 0.479. The second-order valence-corrected chi connectivity index (χ2v) is 9.18. The normalized spacial score (nSPS) is 16.6. The highest BCUT2D eigenvalue weighted by Crippen LogP contribution is 2.38. The molecule has 1 aliphatic rings. The van der Waals surface area contributed by atoms with E-state index < -0.39 is 0 Å². The average Bonchev–Trinajstić information content (AvgIpc) is 3.36. The van der Waals surface area contributed by atoms with Crippen LogP contribution in [0.4, 0.5) is 0 Å². The summed E-state index contributed by atoms with van der Waals surface area (Å²) in [7, 11) is 5.43. The SMILES string of the molecule is CN(C)C(=O)c1sc2ncccc2c1[C@@H]1CN(C(=O)c2cn(C)c3ccccc23)CCO1. The first kappa shape index (κ1) is 20.7. The number of fused-ring (bicyclic) bond motifs is 2. The van der Waals surface area contributed by atoms with Gasteiger partial charge >= 0.3 is 0 Å². The molecule has 1 fully saturated rings. The molecule has 3 aromatic heterocycles. The minimum Gasteiger partial charge on any atom is -0.370 e. The molecule has 0 N–H and O–H groups in total. The van der Waals surface area contributed by atoms with Crippen molar-refractivity contribution >= 4 is 44.3 Å². The van der Waals surface area contributed by atoms with Gasteiger partial charge in [0.05, 0.1) is 18.7 Å². The summed E-state index contributed by atoms with van der Waals surface area (Å²) in [6.07, 6.45) is 3.23. The number of amides is 2. The molecule has 2 amide bonds. The van der Waals surface area contributed by atoms with Crippen LogP contribution in [0.1, 0.15) is 31.7 Å². The molecule has 0 unspecified atom stereocenters. The number of ether oxygens (including phenoxy) is 1. The molecular weight excluding hydrogens is 424 g/mol. The number of rotatable bonds is 3. The maximum Gasteiger partial charge on any atom is 0.263 e. The third-order valence-corrected chi connectivity index (χ3v) is 7.03. The summed E-state index contributed by atoms with van der Waals surface area (Å²) in [6.45, 7) is 1.31.